The standard InChI is InChI=1S/C19H22N4/c1-23(2)11-9-19(17-4-3-10-20-12-17)16-7-5-15(6-8-16)18-13-21-22-14-18/h3-8,10,12-14,19H,9,11H2,1-2H3,(H,21,22). The SMILES string of the molecule is CN(C)CCC(c1ccc(-c2cn[nH]c2)cc1)c1cccnc1. The lowest BCUT2D eigenvalue weighted by Crippen LogP contribution is -2.16. The topological polar surface area (TPSA) is 44.8 Å². The summed E-state index contributed by atoms with van der Waals surface area (Å²) in [6.07, 6.45) is 8.64. The number of nitrogens with zero attached hydrogens (tertiary/aromatic N) is 3. The summed E-state index contributed by atoms with van der Waals surface area (Å²) in [5, 5.41) is 6.87. The van der Waals surface area contributed by atoms with Gasteiger partial charge in [-0.1, -0.05) is 30.3 Å². The van der Waals surface area contributed by atoms with Crippen molar-refractivity contribution in [1.82, 2.24) is 20.1 Å². The zero-order valence-corrected chi connectivity index (χ0v) is 13.6. The molecule has 0 fully saturated rings. The van der Waals surface area contributed by atoms with Crippen LogP contribution in [0.4, 0.5) is 0 Å². The summed E-state index contributed by atoms with van der Waals surface area (Å²) in [5.41, 5.74) is 4.89. The molecule has 1 atom stereocenters. The third-order valence-electron chi connectivity index (χ3n) is 4.10. The number of aromatic nitrogens is 3. The number of hydrogen-bond acceptors (Lipinski definition) is 3. The molecule has 0 saturated heterocycles. The summed E-state index contributed by atoms with van der Waals surface area (Å²) in [6.45, 7) is 1.04. The van der Waals surface area contributed by atoms with E-state index in [2.05, 4.69) is 64.5 Å². The zero-order chi connectivity index (χ0) is 16.1. The minimum absolute atomic E-state index is 0.365. The molecule has 3 rings (SSSR count). The van der Waals surface area contributed by atoms with E-state index in [0.717, 1.165) is 18.5 Å². The molecule has 0 saturated carbocycles. The van der Waals surface area contributed by atoms with Gasteiger partial charge in [-0.05, 0) is 49.8 Å². The number of hydrogen-bond donors (Lipinski definition) is 1. The van der Waals surface area contributed by atoms with Gasteiger partial charge in [-0.15, -0.1) is 0 Å². The van der Waals surface area contributed by atoms with Crippen LogP contribution < -0.4 is 0 Å². The second kappa shape index (κ2) is 7.20. The molecule has 2 heterocycles. The molecule has 118 valence electrons. The van der Waals surface area contributed by atoms with E-state index in [4.69, 9.17) is 0 Å². The lowest BCUT2D eigenvalue weighted by Gasteiger charge is -2.20. The molecule has 0 aliphatic heterocycles. The Hall–Kier alpha value is -2.46. The number of benzene rings is 1. The zero-order valence-electron chi connectivity index (χ0n) is 13.6. The van der Waals surface area contributed by atoms with Crippen LogP contribution in [-0.4, -0.2) is 40.7 Å². The van der Waals surface area contributed by atoms with Crippen molar-refractivity contribution in [2.45, 2.75) is 12.3 Å². The fourth-order valence-corrected chi connectivity index (χ4v) is 2.81. The van der Waals surface area contributed by atoms with Crippen LogP contribution >= 0.6 is 0 Å². The largest absolute Gasteiger partial charge is 0.309 e. The quantitative estimate of drug-likeness (QED) is 0.757. The molecule has 3 aromatic rings. The van der Waals surface area contributed by atoms with Gasteiger partial charge in [0.15, 0.2) is 0 Å². The van der Waals surface area contributed by atoms with E-state index in [1.165, 1.54) is 16.7 Å². The summed E-state index contributed by atoms with van der Waals surface area (Å²) in [4.78, 5) is 6.52. The molecule has 0 radical (unpaired) electrons. The van der Waals surface area contributed by atoms with E-state index in [0.29, 0.717) is 5.92 Å². The van der Waals surface area contributed by atoms with E-state index in [9.17, 15) is 0 Å². The van der Waals surface area contributed by atoms with E-state index < -0.39 is 0 Å². The molecule has 4 nitrogen and oxygen atoms in total. The number of rotatable bonds is 6. The van der Waals surface area contributed by atoms with Crippen molar-refractivity contribution in [2.24, 2.45) is 0 Å². The minimum atomic E-state index is 0.365. The van der Waals surface area contributed by atoms with Crippen molar-refractivity contribution in [2.75, 3.05) is 20.6 Å². The van der Waals surface area contributed by atoms with Crippen LogP contribution in [0, 0.1) is 0 Å². The first-order chi connectivity index (χ1) is 11.2. The highest BCUT2D eigenvalue weighted by Gasteiger charge is 2.15. The van der Waals surface area contributed by atoms with Crippen molar-refractivity contribution >= 4 is 0 Å². The van der Waals surface area contributed by atoms with Gasteiger partial charge in [-0.25, -0.2) is 0 Å². The van der Waals surface area contributed by atoms with E-state index in [-0.39, 0.29) is 0 Å². The molecule has 0 amide bonds. The second-order valence-corrected chi connectivity index (χ2v) is 6.04. The maximum Gasteiger partial charge on any atom is 0.0565 e. The molecular formula is C19H22N4. The smallest absolute Gasteiger partial charge is 0.0565 e. The Labute approximate surface area is 137 Å². The second-order valence-electron chi connectivity index (χ2n) is 6.04. The average molecular weight is 306 g/mol. The number of pyridine rings is 1. The van der Waals surface area contributed by atoms with Crippen LogP contribution in [0.1, 0.15) is 23.5 Å². The van der Waals surface area contributed by atoms with Crippen LogP contribution in [0.2, 0.25) is 0 Å². The Kier molecular flexibility index (Phi) is 4.83. The molecular weight excluding hydrogens is 284 g/mol. The van der Waals surface area contributed by atoms with Gasteiger partial charge in [-0.3, -0.25) is 10.1 Å². The minimum Gasteiger partial charge on any atom is -0.309 e. The fourth-order valence-electron chi connectivity index (χ4n) is 2.81. The molecule has 1 N–H and O–H groups in total. The first-order valence-corrected chi connectivity index (χ1v) is 7.88. The van der Waals surface area contributed by atoms with Crippen molar-refractivity contribution in [3.05, 3.63) is 72.3 Å². The molecule has 0 spiro atoms. The van der Waals surface area contributed by atoms with Gasteiger partial charge in [0.05, 0.1) is 6.20 Å². The van der Waals surface area contributed by atoms with Crippen molar-refractivity contribution in [3.63, 3.8) is 0 Å². The molecule has 0 aliphatic rings. The Morgan fingerprint density at radius 3 is 2.43 bits per heavy atom. The third kappa shape index (κ3) is 3.85. The maximum atomic E-state index is 4.29. The van der Waals surface area contributed by atoms with Crippen molar-refractivity contribution < 1.29 is 0 Å². The third-order valence-corrected chi connectivity index (χ3v) is 4.10. The van der Waals surface area contributed by atoms with Gasteiger partial charge in [0.25, 0.3) is 0 Å². The first kappa shape index (κ1) is 15.4. The molecule has 0 bridgehead atoms. The summed E-state index contributed by atoms with van der Waals surface area (Å²) < 4.78 is 0. The Morgan fingerprint density at radius 2 is 1.83 bits per heavy atom. The van der Waals surface area contributed by atoms with E-state index in [1.807, 2.05) is 30.9 Å². The van der Waals surface area contributed by atoms with Crippen LogP contribution in [-0.2, 0) is 0 Å². The van der Waals surface area contributed by atoms with Crippen LogP contribution in [0.25, 0.3) is 11.1 Å². The first-order valence-electron chi connectivity index (χ1n) is 7.88. The van der Waals surface area contributed by atoms with E-state index in [1.54, 1.807) is 0 Å². The van der Waals surface area contributed by atoms with Crippen LogP contribution in [0.15, 0.2) is 61.2 Å². The van der Waals surface area contributed by atoms with E-state index >= 15 is 0 Å². The van der Waals surface area contributed by atoms with Crippen molar-refractivity contribution in [3.8, 4) is 11.1 Å². The van der Waals surface area contributed by atoms with Gasteiger partial charge < -0.3 is 4.90 Å². The summed E-state index contributed by atoms with van der Waals surface area (Å²) in [6, 6.07) is 12.9. The Morgan fingerprint density at radius 1 is 1.00 bits per heavy atom. The van der Waals surface area contributed by atoms with Crippen molar-refractivity contribution in [1.29, 1.82) is 0 Å². The number of nitrogens with one attached hydrogen (secondary N) is 1. The summed E-state index contributed by atoms with van der Waals surface area (Å²) in [7, 11) is 4.23. The molecule has 23 heavy (non-hydrogen) atoms. The highest BCUT2D eigenvalue weighted by molar-refractivity contribution is 5.62. The predicted octanol–water partition coefficient (Wildman–Crippen LogP) is 3.56. The van der Waals surface area contributed by atoms with Gasteiger partial charge in [0.1, 0.15) is 0 Å². The van der Waals surface area contributed by atoms with Crippen LogP contribution in [0.3, 0.4) is 0 Å². The van der Waals surface area contributed by atoms with Crippen LogP contribution in [0.5, 0.6) is 0 Å². The normalized spacial score (nSPS) is 12.5. The fraction of sp³-hybridized carbons (Fsp3) is 0.263. The molecule has 0 aliphatic carbocycles. The predicted molar refractivity (Wildman–Crippen MR) is 93.3 cm³/mol. The number of aromatic amines is 1. The summed E-state index contributed by atoms with van der Waals surface area (Å²) >= 11 is 0. The molecule has 2 aromatic heterocycles. The van der Waals surface area contributed by atoms with Gasteiger partial charge >= 0.3 is 0 Å². The lowest BCUT2D eigenvalue weighted by molar-refractivity contribution is 0.390. The molecule has 1 aromatic carbocycles. The van der Waals surface area contributed by atoms with Gasteiger partial charge in [0.2, 0.25) is 0 Å². The Balaban J connectivity index is 1.87. The monoisotopic (exact) mass is 306 g/mol. The average Bonchev–Trinajstić information content (AvgIpc) is 3.11. The summed E-state index contributed by atoms with van der Waals surface area (Å²) in [5.74, 6) is 0.365. The highest BCUT2D eigenvalue weighted by Crippen LogP contribution is 2.29. The van der Waals surface area contributed by atoms with Gasteiger partial charge in [-0.2, -0.15) is 5.10 Å². The highest BCUT2D eigenvalue weighted by atomic mass is 15.1. The maximum absolute atomic E-state index is 4.29. The van der Waals surface area contributed by atoms with Gasteiger partial charge in [0, 0.05) is 30.1 Å². The number of H-pyrrole nitrogens is 1. The lowest BCUT2D eigenvalue weighted by atomic mass is 9.88. The molecule has 1 unspecified atom stereocenters. The Bertz CT molecular complexity index is 703. The molecule has 4 heteroatoms.